The Balaban J connectivity index is 1.41. The van der Waals surface area contributed by atoms with Crippen LogP contribution in [-0.2, 0) is 6.54 Å². The number of rotatable bonds is 4. The van der Waals surface area contributed by atoms with E-state index in [0.717, 1.165) is 55.4 Å². The van der Waals surface area contributed by atoms with E-state index in [1.54, 1.807) is 13.3 Å². The van der Waals surface area contributed by atoms with E-state index in [9.17, 15) is 0 Å². The number of piperazine rings is 1. The first-order valence-corrected chi connectivity index (χ1v) is 8.14. The number of hydrogen-bond donors (Lipinski definition) is 0. The Labute approximate surface area is 140 Å². The fraction of sp³-hybridized carbons (Fsp3) is 0.333. The lowest BCUT2D eigenvalue weighted by Gasteiger charge is -2.33. The molecule has 3 aromatic rings. The highest BCUT2D eigenvalue weighted by Gasteiger charge is 2.21. The van der Waals surface area contributed by atoms with Crippen LogP contribution in [0.15, 0.2) is 47.0 Å². The molecule has 24 heavy (non-hydrogen) atoms. The molecule has 0 atom stereocenters. The van der Waals surface area contributed by atoms with Gasteiger partial charge >= 0.3 is 0 Å². The van der Waals surface area contributed by atoms with Crippen molar-refractivity contribution in [2.24, 2.45) is 0 Å². The van der Waals surface area contributed by atoms with Gasteiger partial charge in [-0.15, -0.1) is 0 Å². The number of para-hydroxylation sites is 2. The van der Waals surface area contributed by atoms with Crippen LogP contribution in [0.3, 0.4) is 0 Å². The van der Waals surface area contributed by atoms with Gasteiger partial charge in [0.25, 0.3) is 6.01 Å². The molecular formula is C18H20N4O2. The minimum Gasteiger partial charge on any atom is -0.481 e. The van der Waals surface area contributed by atoms with Gasteiger partial charge in [0.2, 0.25) is 5.88 Å². The van der Waals surface area contributed by atoms with Crippen molar-refractivity contribution in [2.45, 2.75) is 6.54 Å². The second kappa shape index (κ2) is 6.49. The molecule has 1 fully saturated rings. The van der Waals surface area contributed by atoms with Gasteiger partial charge in [-0.2, -0.15) is 4.98 Å². The lowest BCUT2D eigenvalue weighted by atomic mass is 10.2. The summed E-state index contributed by atoms with van der Waals surface area (Å²) < 4.78 is 11.2. The average molecular weight is 324 g/mol. The number of hydrogen-bond acceptors (Lipinski definition) is 6. The first kappa shape index (κ1) is 15.0. The maximum absolute atomic E-state index is 5.86. The topological polar surface area (TPSA) is 54.6 Å². The zero-order valence-corrected chi connectivity index (χ0v) is 13.7. The van der Waals surface area contributed by atoms with E-state index in [1.807, 2.05) is 30.3 Å². The molecule has 1 aliphatic heterocycles. The van der Waals surface area contributed by atoms with Gasteiger partial charge in [0, 0.05) is 44.5 Å². The molecule has 0 bridgehead atoms. The van der Waals surface area contributed by atoms with Crippen LogP contribution in [0, 0.1) is 0 Å². The van der Waals surface area contributed by atoms with Crippen molar-refractivity contribution >= 4 is 17.1 Å². The van der Waals surface area contributed by atoms with E-state index in [1.165, 1.54) is 0 Å². The monoisotopic (exact) mass is 324 g/mol. The zero-order valence-electron chi connectivity index (χ0n) is 13.7. The molecule has 6 heteroatoms. The van der Waals surface area contributed by atoms with E-state index in [4.69, 9.17) is 9.15 Å². The van der Waals surface area contributed by atoms with E-state index in [2.05, 4.69) is 25.8 Å². The fourth-order valence-corrected chi connectivity index (χ4v) is 3.06. The first-order valence-electron chi connectivity index (χ1n) is 8.14. The Morgan fingerprint density at radius 1 is 1.08 bits per heavy atom. The normalized spacial score (nSPS) is 15.8. The van der Waals surface area contributed by atoms with Crippen LogP contribution in [0.4, 0.5) is 6.01 Å². The van der Waals surface area contributed by atoms with Crippen LogP contribution in [0.25, 0.3) is 11.1 Å². The smallest absolute Gasteiger partial charge is 0.298 e. The number of anilines is 1. The van der Waals surface area contributed by atoms with Crippen molar-refractivity contribution in [1.29, 1.82) is 0 Å². The SMILES string of the molecule is COc1ncccc1CN1CCN(c2nc3ccccc3o2)CC1. The Kier molecular flexibility index (Phi) is 4.04. The number of ether oxygens (including phenoxy) is 1. The second-order valence-electron chi connectivity index (χ2n) is 5.90. The van der Waals surface area contributed by atoms with Crippen LogP contribution in [0.5, 0.6) is 5.88 Å². The molecule has 1 aliphatic rings. The molecule has 0 N–H and O–H groups in total. The Morgan fingerprint density at radius 3 is 2.71 bits per heavy atom. The Hall–Kier alpha value is -2.60. The molecule has 0 radical (unpaired) electrons. The Bertz CT molecular complexity index is 792. The number of pyridine rings is 1. The predicted octanol–water partition coefficient (Wildman–Crippen LogP) is 2.55. The molecular weight excluding hydrogens is 304 g/mol. The minimum atomic E-state index is 0.707. The van der Waals surface area contributed by atoms with Gasteiger partial charge in [0.1, 0.15) is 5.52 Å². The van der Waals surface area contributed by atoms with Crippen LogP contribution in [0.2, 0.25) is 0 Å². The van der Waals surface area contributed by atoms with Crippen molar-refractivity contribution in [3.63, 3.8) is 0 Å². The summed E-state index contributed by atoms with van der Waals surface area (Å²) in [6.07, 6.45) is 1.76. The zero-order chi connectivity index (χ0) is 16.4. The third-order valence-corrected chi connectivity index (χ3v) is 4.36. The number of benzene rings is 1. The summed E-state index contributed by atoms with van der Waals surface area (Å²) in [6, 6.07) is 12.6. The molecule has 0 saturated carbocycles. The predicted molar refractivity (Wildman–Crippen MR) is 92.3 cm³/mol. The number of fused-ring (bicyclic) bond motifs is 1. The summed E-state index contributed by atoms with van der Waals surface area (Å²) in [6.45, 7) is 4.55. The van der Waals surface area contributed by atoms with Crippen molar-refractivity contribution in [2.75, 3.05) is 38.2 Å². The van der Waals surface area contributed by atoms with E-state index >= 15 is 0 Å². The summed E-state index contributed by atoms with van der Waals surface area (Å²) >= 11 is 0. The minimum absolute atomic E-state index is 0.707. The van der Waals surface area contributed by atoms with Crippen molar-refractivity contribution in [3.05, 3.63) is 48.2 Å². The molecule has 6 nitrogen and oxygen atoms in total. The standard InChI is InChI=1S/C18H20N4O2/c1-23-17-14(5-4-8-19-17)13-21-9-11-22(12-10-21)18-20-15-6-2-3-7-16(15)24-18/h2-8H,9-13H2,1H3. The van der Waals surface area contributed by atoms with Gasteiger partial charge in [-0.1, -0.05) is 18.2 Å². The molecule has 0 aliphatic carbocycles. The van der Waals surface area contributed by atoms with Gasteiger partial charge in [-0.25, -0.2) is 4.98 Å². The fourth-order valence-electron chi connectivity index (χ4n) is 3.06. The molecule has 0 amide bonds. The molecule has 124 valence electrons. The van der Waals surface area contributed by atoms with Crippen molar-refractivity contribution < 1.29 is 9.15 Å². The third-order valence-electron chi connectivity index (χ3n) is 4.36. The molecule has 0 spiro atoms. The maximum atomic E-state index is 5.86. The van der Waals surface area contributed by atoms with Gasteiger partial charge < -0.3 is 14.1 Å². The van der Waals surface area contributed by atoms with Crippen LogP contribution >= 0.6 is 0 Å². The summed E-state index contributed by atoms with van der Waals surface area (Å²) in [7, 11) is 1.66. The summed E-state index contributed by atoms with van der Waals surface area (Å²) in [4.78, 5) is 13.5. The highest BCUT2D eigenvalue weighted by Crippen LogP contribution is 2.23. The third kappa shape index (κ3) is 2.92. The molecule has 4 rings (SSSR count). The summed E-state index contributed by atoms with van der Waals surface area (Å²) in [5, 5.41) is 0. The van der Waals surface area contributed by atoms with Gasteiger partial charge in [-0.05, 0) is 18.2 Å². The van der Waals surface area contributed by atoms with Crippen LogP contribution < -0.4 is 9.64 Å². The summed E-state index contributed by atoms with van der Waals surface area (Å²) in [5.74, 6) is 0.707. The maximum Gasteiger partial charge on any atom is 0.298 e. The highest BCUT2D eigenvalue weighted by molar-refractivity contribution is 5.74. The number of aromatic nitrogens is 2. The largest absolute Gasteiger partial charge is 0.481 e. The second-order valence-corrected chi connectivity index (χ2v) is 5.90. The first-order chi connectivity index (χ1) is 11.8. The number of nitrogens with zero attached hydrogens (tertiary/aromatic N) is 4. The van der Waals surface area contributed by atoms with Gasteiger partial charge in [0.05, 0.1) is 7.11 Å². The Morgan fingerprint density at radius 2 is 1.92 bits per heavy atom. The molecule has 3 heterocycles. The lowest BCUT2D eigenvalue weighted by Crippen LogP contribution is -2.46. The molecule has 2 aromatic heterocycles. The quantitative estimate of drug-likeness (QED) is 0.735. The van der Waals surface area contributed by atoms with E-state index in [0.29, 0.717) is 5.88 Å². The van der Waals surface area contributed by atoms with Gasteiger partial charge in [-0.3, -0.25) is 4.90 Å². The average Bonchev–Trinajstić information content (AvgIpc) is 3.07. The van der Waals surface area contributed by atoms with Crippen LogP contribution in [0.1, 0.15) is 5.56 Å². The van der Waals surface area contributed by atoms with E-state index < -0.39 is 0 Å². The van der Waals surface area contributed by atoms with E-state index in [-0.39, 0.29) is 0 Å². The van der Waals surface area contributed by atoms with Gasteiger partial charge in [0.15, 0.2) is 5.58 Å². The lowest BCUT2D eigenvalue weighted by molar-refractivity contribution is 0.241. The van der Waals surface area contributed by atoms with Crippen molar-refractivity contribution in [1.82, 2.24) is 14.9 Å². The highest BCUT2D eigenvalue weighted by atomic mass is 16.5. The molecule has 0 unspecified atom stereocenters. The van der Waals surface area contributed by atoms with Crippen molar-refractivity contribution in [3.8, 4) is 5.88 Å². The number of methoxy groups -OCH3 is 1. The molecule has 1 saturated heterocycles. The molecule has 1 aromatic carbocycles. The summed E-state index contributed by atoms with van der Waals surface area (Å²) in [5.41, 5.74) is 2.88. The number of oxazole rings is 1. The van der Waals surface area contributed by atoms with Crippen LogP contribution in [-0.4, -0.2) is 48.2 Å².